The molecule has 2 rings (SSSR count). The summed E-state index contributed by atoms with van der Waals surface area (Å²) in [7, 11) is 0. The Kier molecular flexibility index (Phi) is 4.08. The molecule has 0 aromatic heterocycles. The molecular formula is C13H26N2O2. The van der Waals surface area contributed by atoms with Crippen LogP contribution in [0.3, 0.4) is 0 Å². The van der Waals surface area contributed by atoms with Gasteiger partial charge in [0, 0.05) is 31.8 Å². The molecule has 4 heteroatoms. The summed E-state index contributed by atoms with van der Waals surface area (Å²) < 4.78 is 11.5. The lowest BCUT2D eigenvalue weighted by Gasteiger charge is -2.56. The van der Waals surface area contributed by atoms with Crippen molar-refractivity contribution in [2.75, 3.05) is 26.2 Å². The van der Waals surface area contributed by atoms with Crippen LogP contribution in [-0.4, -0.2) is 55.0 Å². The molecule has 0 amide bonds. The minimum Gasteiger partial charge on any atom is -0.378 e. The number of nitrogens with two attached hydrogens (primary N) is 1. The Balaban J connectivity index is 1.95. The van der Waals surface area contributed by atoms with Crippen molar-refractivity contribution in [2.24, 2.45) is 5.73 Å². The maximum atomic E-state index is 6.01. The van der Waals surface area contributed by atoms with Gasteiger partial charge in [-0.1, -0.05) is 0 Å². The molecule has 0 aromatic carbocycles. The van der Waals surface area contributed by atoms with Crippen LogP contribution in [0, 0.1) is 0 Å². The lowest BCUT2D eigenvalue weighted by atomic mass is 9.72. The van der Waals surface area contributed by atoms with Gasteiger partial charge in [0.2, 0.25) is 0 Å². The fourth-order valence-electron chi connectivity index (χ4n) is 3.26. The van der Waals surface area contributed by atoms with E-state index in [2.05, 4.69) is 25.7 Å². The smallest absolute Gasteiger partial charge is 0.0678 e. The van der Waals surface area contributed by atoms with E-state index in [9.17, 15) is 0 Å². The van der Waals surface area contributed by atoms with Crippen molar-refractivity contribution in [1.29, 1.82) is 0 Å². The van der Waals surface area contributed by atoms with E-state index < -0.39 is 0 Å². The van der Waals surface area contributed by atoms with E-state index in [1.54, 1.807) is 0 Å². The van der Waals surface area contributed by atoms with E-state index in [0.29, 0.717) is 18.3 Å². The SMILES string of the molecule is CCOC1CC(CN)(N2CC(C)OC(C)C2)C1. The normalized spacial score (nSPS) is 43.4. The third kappa shape index (κ3) is 2.65. The van der Waals surface area contributed by atoms with Gasteiger partial charge in [0.05, 0.1) is 18.3 Å². The van der Waals surface area contributed by atoms with Gasteiger partial charge in [0.15, 0.2) is 0 Å². The highest BCUT2D eigenvalue weighted by Crippen LogP contribution is 2.40. The van der Waals surface area contributed by atoms with Crippen LogP contribution in [-0.2, 0) is 9.47 Å². The van der Waals surface area contributed by atoms with E-state index in [1.807, 2.05) is 0 Å². The number of rotatable bonds is 4. The summed E-state index contributed by atoms with van der Waals surface area (Å²) in [5, 5.41) is 0. The Hall–Kier alpha value is -0.160. The quantitative estimate of drug-likeness (QED) is 0.799. The molecule has 17 heavy (non-hydrogen) atoms. The summed E-state index contributed by atoms with van der Waals surface area (Å²) in [5.74, 6) is 0. The standard InChI is InChI=1S/C13H26N2O2/c1-4-16-12-5-13(6-12,9-14)15-7-10(2)17-11(3)8-15/h10-12H,4-9,14H2,1-3H3. The van der Waals surface area contributed by atoms with Crippen molar-refractivity contribution < 1.29 is 9.47 Å². The van der Waals surface area contributed by atoms with Crippen LogP contribution in [0.5, 0.6) is 0 Å². The van der Waals surface area contributed by atoms with Gasteiger partial charge in [-0.3, -0.25) is 4.90 Å². The Bertz CT molecular complexity index is 244. The first-order valence-electron chi connectivity index (χ1n) is 6.82. The van der Waals surface area contributed by atoms with E-state index in [1.165, 1.54) is 0 Å². The van der Waals surface area contributed by atoms with Crippen molar-refractivity contribution in [3.63, 3.8) is 0 Å². The molecule has 0 spiro atoms. The van der Waals surface area contributed by atoms with Crippen LogP contribution >= 0.6 is 0 Å². The second-order valence-electron chi connectivity index (χ2n) is 5.58. The molecule has 1 aliphatic carbocycles. The lowest BCUT2D eigenvalue weighted by molar-refractivity contribution is -0.154. The highest BCUT2D eigenvalue weighted by molar-refractivity contribution is 5.05. The highest BCUT2D eigenvalue weighted by atomic mass is 16.5. The first-order valence-corrected chi connectivity index (χ1v) is 6.82. The first kappa shape index (κ1) is 13.3. The molecule has 1 saturated carbocycles. The molecule has 1 aliphatic heterocycles. The molecular weight excluding hydrogens is 216 g/mol. The van der Waals surface area contributed by atoms with Crippen LogP contribution < -0.4 is 5.73 Å². The molecule has 2 aliphatic rings. The van der Waals surface area contributed by atoms with E-state index in [4.69, 9.17) is 15.2 Å². The van der Waals surface area contributed by atoms with E-state index in [0.717, 1.165) is 39.1 Å². The second kappa shape index (κ2) is 5.22. The van der Waals surface area contributed by atoms with Crippen LogP contribution in [0.2, 0.25) is 0 Å². The predicted octanol–water partition coefficient (Wildman–Crippen LogP) is 0.992. The molecule has 0 radical (unpaired) electrons. The van der Waals surface area contributed by atoms with Crippen LogP contribution in [0.1, 0.15) is 33.6 Å². The second-order valence-corrected chi connectivity index (χ2v) is 5.58. The van der Waals surface area contributed by atoms with Gasteiger partial charge < -0.3 is 15.2 Å². The predicted molar refractivity (Wildman–Crippen MR) is 68.0 cm³/mol. The van der Waals surface area contributed by atoms with Gasteiger partial charge in [-0.2, -0.15) is 0 Å². The Morgan fingerprint density at radius 2 is 1.88 bits per heavy atom. The average molecular weight is 242 g/mol. The third-order valence-electron chi connectivity index (χ3n) is 4.09. The zero-order valence-electron chi connectivity index (χ0n) is 11.3. The Morgan fingerprint density at radius 3 is 2.35 bits per heavy atom. The first-order chi connectivity index (χ1) is 8.09. The summed E-state index contributed by atoms with van der Waals surface area (Å²) in [6.07, 6.45) is 3.20. The summed E-state index contributed by atoms with van der Waals surface area (Å²) in [4.78, 5) is 2.53. The van der Waals surface area contributed by atoms with Crippen molar-refractivity contribution >= 4 is 0 Å². The van der Waals surface area contributed by atoms with Crippen LogP contribution in [0.25, 0.3) is 0 Å². The van der Waals surface area contributed by atoms with Gasteiger partial charge in [-0.05, 0) is 33.6 Å². The van der Waals surface area contributed by atoms with Crippen LogP contribution in [0.15, 0.2) is 0 Å². The summed E-state index contributed by atoms with van der Waals surface area (Å²) >= 11 is 0. The highest BCUT2D eigenvalue weighted by Gasteiger charge is 2.49. The molecule has 2 atom stereocenters. The van der Waals surface area contributed by atoms with Gasteiger partial charge in [-0.15, -0.1) is 0 Å². The molecule has 2 N–H and O–H groups in total. The van der Waals surface area contributed by atoms with Crippen molar-refractivity contribution in [1.82, 2.24) is 4.90 Å². The largest absolute Gasteiger partial charge is 0.378 e. The average Bonchev–Trinajstić information content (AvgIpc) is 2.21. The van der Waals surface area contributed by atoms with Gasteiger partial charge >= 0.3 is 0 Å². The Labute approximate surface area is 104 Å². The van der Waals surface area contributed by atoms with Gasteiger partial charge in [0.1, 0.15) is 0 Å². The zero-order valence-corrected chi connectivity index (χ0v) is 11.3. The summed E-state index contributed by atoms with van der Waals surface area (Å²) in [6, 6.07) is 0. The topological polar surface area (TPSA) is 47.7 Å². The van der Waals surface area contributed by atoms with Gasteiger partial charge in [-0.25, -0.2) is 0 Å². The minimum absolute atomic E-state index is 0.173. The molecule has 1 saturated heterocycles. The third-order valence-corrected chi connectivity index (χ3v) is 4.09. The molecule has 2 unspecified atom stereocenters. The van der Waals surface area contributed by atoms with Crippen molar-refractivity contribution in [2.45, 2.75) is 57.5 Å². The minimum atomic E-state index is 0.173. The number of ether oxygens (including phenoxy) is 2. The fourth-order valence-corrected chi connectivity index (χ4v) is 3.26. The van der Waals surface area contributed by atoms with Crippen molar-refractivity contribution in [3.05, 3.63) is 0 Å². The summed E-state index contributed by atoms with van der Waals surface area (Å²) in [6.45, 7) is 9.89. The lowest BCUT2D eigenvalue weighted by Crippen LogP contribution is -2.67. The maximum Gasteiger partial charge on any atom is 0.0678 e. The molecule has 0 bridgehead atoms. The van der Waals surface area contributed by atoms with Gasteiger partial charge in [0.25, 0.3) is 0 Å². The number of morpholine rings is 1. The maximum absolute atomic E-state index is 6.01. The van der Waals surface area contributed by atoms with Crippen LogP contribution in [0.4, 0.5) is 0 Å². The molecule has 2 fully saturated rings. The Morgan fingerprint density at radius 1 is 1.29 bits per heavy atom. The van der Waals surface area contributed by atoms with Crippen molar-refractivity contribution in [3.8, 4) is 0 Å². The monoisotopic (exact) mass is 242 g/mol. The molecule has 4 nitrogen and oxygen atoms in total. The molecule has 0 aromatic rings. The fraction of sp³-hybridized carbons (Fsp3) is 1.00. The number of nitrogens with zero attached hydrogens (tertiary/aromatic N) is 1. The molecule has 100 valence electrons. The number of hydrogen-bond acceptors (Lipinski definition) is 4. The molecule has 1 heterocycles. The number of hydrogen-bond donors (Lipinski definition) is 1. The van der Waals surface area contributed by atoms with E-state index >= 15 is 0 Å². The zero-order chi connectivity index (χ0) is 12.5. The van der Waals surface area contributed by atoms with E-state index in [-0.39, 0.29) is 5.54 Å². The summed E-state index contributed by atoms with van der Waals surface area (Å²) in [5.41, 5.74) is 6.18.